The normalized spacial score (nSPS) is 9.50. The van der Waals surface area contributed by atoms with Gasteiger partial charge < -0.3 is 5.32 Å². The summed E-state index contributed by atoms with van der Waals surface area (Å²) >= 11 is 0. The van der Waals surface area contributed by atoms with Crippen LogP contribution >= 0.6 is 0 Å². The number of aromatic nitrogens is 1. The smallest absolute Gasteiger partial charge is 0.0541 e. The van der Waals surface area contributed by atoms with E-state index in [-0.39, 0.29) is 1.43 Å². The van der Waals surface area contributed by atoms with E-state index >= 15 is 0 Å². The predicted octanol–water partition coefficient (Wildman–Crippen LogP) is 3.95. The van der Waals surface area contributed by atoms with Crippen molar-refractivity contribution in [2.24, 2.45) is 0 Å². The maximum absolute atomic E-state index is 4.26. The Morgan fingerprint density at radius 3 is 2.33 bits per heavy atom. The average molecular weight is 244 g/mol. The van der Waals surface area contributed by atoms with Gasteiger partial charge in [-0.1, -0.05) is 49.7 Å². The molecule has 0 saturated heterocycles. The highest BCUT2D eigenvalue weighted by Crippen LogP contribution is 2.02. The van der Waals surface area contributed by atoms with E-state index in [0.717, 1.165) is 18.8 Å². The first-order valence-corrected chi connectivity index (χ1v) is 6.51. The molecule has 2 heteroatoms. The molecule has 0 aliphatic rings. The summed E-state index contributed by atoms with van der Waals surface area (Å²) in [5, 5.41) is 3.37. The second-order valence-electron chi connectivity index (χ2n) is 3.91. The number of nitrogens with zero attached hydrogens (tertiary/aromatic N) is 1. The van der Waals surface area contributed by atoms with Gasteiger partial charge in [0, 0.05) is 20.7 Å². The van der Waals surface area contributed by atoms with Crippen LogP contribution in [0.15, 0.2) is 48.7 Å². The second kappa shape index (κ2) is 8.43. The van der Waals surface area contributed by atoms with Gasteiger partial charge in [0.05, 0.1) is 5.69 Å². The molecule has 2 nitrogen and oxygen atoms in total. The van der Waals surface area contributed by atoms with Gasteiger partial charge in [-0.25, -0.2) is 0 Å². The quantitative estimate of drug-likeness (QED) is 0.880. The van der Waals surface area contributed by atoms with E-state index in [1.54, 1.807) is 0 Å². The van der Waals surface area contributed by atoms with E-state index in [1.165, 1.54) is 11.1 Å². The zero-order chi connectivity index (χ0) is 13.2. The van der Waals surface area contributed by atoms with Crippen molar-refractivity contribution < 1.29 is 1.43 Å². The molecule has 18 heavy (non-hydrogen) atoms. The molecule has 98 valence electrons. The molecule has 0 bridgehead atoms. The molecule has 0 atom stereocenters. The summed E-state index contributed by atoms with van der Waals surface area (Å²) in [5.74, 6) is 0. The molecular formula is C16H24N2. The van der Waals surface area contributed by atoms with Crippen molar-refractivity contribution in [2.45, 2.75) is 33.9 Å². The SMILES string of the molecule is CC.Cc1ccc(CNCc2ccccn2)cc1.[HH]. The van der Waals surface area contributed by atoms with E-state index in [0.29, 0.717) is 0 Å². The van der Waals surface area contributed by atoms with Crippen LogP contribution in [0.4, 0.5) is 0 Å². The van der Waals surface area contributed by atoms with Gasteiger partial charge >= 0.3 is 0 Å². The third kappa shape index (κ3) is 5.11. The molecule has 0 saturated carbocycles. The third-order valence-corrected chi connectivity index (χ3v) is 2.48. The van der Waals surface area contributed by atoms with Crippen LogP contribution in [0.25, 0.3) is 0 Å². The second-order valence-corrected chi connectivity index (χ2v) is 3.91. The van der Waals surface area contributed by atoms with Gasteiger partial charge in [-0.3, -0.25) is 4.98 Å². The van der Waals surface area contributed by atoms with Crippen LogP contribution in [0.3, 0.4) is 0 Å². The van der Waals surface area contributed by atoms with Crippen molar-refractivity contribution in [3.63, 3.8) is 0 Å². The highest BCUT2D eigenvalue weighted by Gasteiger charge is 1.94. The van der Waals surface area contributed by atoms with Crippen molar-refractivity contribution in [3.05, 3.63) is 65.5 Å². The maximum Gasteiger partial charge on any atom is 0.0541 e. The molecule has 0 amide bonds. The zero-order valence-corrected chi connectivity index (χ0v) is 11.5. The van der Waals surface area contributed by atoms with Gasteiger partial charge in [0.1, 0.15) is 0 Å². The first kappa shape index (κ1) is 14.4. The number of rotatable bonds is 4. The van der Waals surface area contributed by atoms with Crippen LogP contribution in [-0.2, 0) is 13.1 Å². The van der Waals surface area contributed by atoms with Crippen molar-refractivity contribution in [3.8, 4) is 0 Å². The molecule has 0 aliphatic heterocycles. The number of pyridine rings is 1. The number of hydrogen-bond acceptors (Lipinski definition) is 2. The zero-order valence-electron chi connectivity index (χ0n) is 11.5. The Hall–Kier alpha value is -1.67. The summed E-state index contributed by atoms with van der Waals surface area (Å²) in [7, 11) is 0. The van der Waals surface area contributed by atoms with Gasteiger partial charge in [0.15, 0.2) is 0 Å². The molecule has 0 spiro atoms. The van der Waals surface area contributed by atoms with Crippen LogP contribution in [-0.4, -0.2) is 4.98 Å². The lowest BCUT2D eigenvalue weighted by molar-refractivity contribution is 0.679. The molecule has 2 aromatic rings. The molecule has 0 fully saturated rings. The Morgan fingerprint density at radius 2 is 1.72 bits per heavy atom. The van der Waals surface area contributed by atoms with E-state index in [9.17, 15) is 0 Å². The Balaban J connectivity index is 0.00000103. The fraction of sp³-hybridized carbons (Fsp3) is 0.312. The minimum atomic E-state index is 0. The first-order chi connectivity index (χ1) is 8.84. The van der Waals surface area contributed by atoms with Crippen molar-refractivity contribution >= 4 is 0 Å². The number of aryl methyl sites for hydroxylation is 1. The van der Waals surface area contributed by atoms with Crippen LogP contribution in [0.2, 0.25) is 0 Å². The van der Waals surface area contributed by atoms with E-state index in [2.05, 4.69) is 41.5 Å². The van der Waals surface area contributed by atoms with E-state index in [1.807, 2.05) is 38.2 Å². The van der Waals surface area contributed by atoms with Crippen LogP contribution in [0.5, 0.6) is 0 Å². The lowest BCUT2D eigenvalue weighted by atomic mass is 10.1. The largest absolute Gasteiger partial charge is 0.307 e. The number of benzene rings is 1. The van der Waals surface area contributed by atoms with Crippen LogP contribution < -0.4 is 5.32 Å². The first-order valence-electron chi connectivity index (χ1n) is 6.51. The van der Waals surface area contributed by atoms with Gasteiger partial charge in [0.2, 0.25) is 0 Å². The lowest BCUT2D eigenvalue weighted by Crippen LogP contribution is -2.13. The minimum absolute atomic E-state index is 0. The molecule has 2 rings (SSSR count). The van der Waals surface area contributed by atoms with Crippen LogP contribution in [0.1, 0.15) is 32.1 Å². The van der Waals surface area contributed by atoms with Crippen LogP contribution in [0, 0.1) is 6.92 Å². The molecule has 1 aromatic carbocycles. The molecule has 0 aliphatic carbocycles. The number of nitrogens with one attached hydrogen (secondary N) is 1. The molecule has 1 heterocycles. The van der Waals surface area contributed by atoms with E-state index < -0.39 is 0 Å². The molecule has 1 N–H and O–H groups in total. The summed E-state index contributed by atoms with van der Waals surface area (Å²) in [6.45, 7) is 7.80. The molecular weight excluding hydrogens is 220 g/mol. The summed E-state index contributed by atoms with van der Waals surface area (Å²) in [5.41, 5.74) is 3.68. The third-order valence-electron chi connectivity index (χ3n) is 2.48. The van der Waals surface area contributed by atoms with Gasteiger partial charge in [-0.2, -0.15) is 0 Å². The molecule has 0 radical (unpaired) electrons. The minimum Gasteiger partial charge on any atom is -0.307 e. The topological polar surface area (TPSA) is 24.9 Å². The highest BCUT2D eigenvalue weighted by atomic mass is 14.9. The Kier molecular flexibility index (Phi) is 6.74. The van der Waals surface area contributed by atoms with Gasteiger partial charge in [-0.15, -0.1) is 0 Å². The Labute approximate surface area is 112 Å². The Morgan fingerprint density at radius 1 is 1.00 bits per heavy atom. The summed E-state index contributed by atoms with van der Waals surface area (Å²) in [6, 6.07) is 14.6. The molecule has 0 unspecified atom stereocenters. The van der Waals surface area contributed by atoms with Crippen molar-refractivity contribution in [1.82, 2.24) is 10.3 Å². The fourth-order valence-electron chi connectivity index (χ4n) is 1.54. The maximum atomic E-state index is 4.26. The summed E-state index contributed by atoms with van der Waals surface area (Å²) in [4.78, 5) is 4.26. The van der Waals surface area contributed by atoms with Crippen molar-refractivity contribution in [2.75, 3.05) is 0 Å². The standard InChI is InChI=1S/C14H16N2.C2H6.H2/c1-12-5-7-13(8-6-12)10-15-11-14-4-2-3-9-16-14;1-2;/h2-9,15H,10-11H2,1H3;1-2H3;1H. The van der Waals surface area contributed by atoms with Crippen molar-refractivity contribution in [1.29, 1.82) is 0 Å². The lowest BCUT2D eigenvalue weighted by Gasteiger charge is -2.04. The van der Waals surface area contributed by atoms with E-state index in [4.69, 9.17) is 0 Å². The highest BCUT2D eigenvalue weighted by molar-refractivity contribution is 5.21. The van der Waals surface area contributed by atoms with Gasteiger partial charge in [-0.05, 0) is 24.6 Å². The number of hydrogen-bond donors (Lipinski definition) is 1. The summed E-state index contributed by atoms with van der Waals surface area (Å²) in [6.07, 6.45) is 1.82. The summed E-state index contributed by atoms with van der Waals surface area (Å²) < 4.78 is 0. The average Bonchev–Trinajstić information content (AvgIpc) is 2.44. The molecule has 1 aromatic heterocycles. The fourth-order valence-corrected chi connectivity index (χ4v) is 1.54. The monoisotopic (exact) mass is 244 g/mol. The predicted molar refractivity (Wildman–Crippen MR) is 79.4 cm³/mol. The van der Waals surface area contributed by atoms with Gasteiger partial charge in [0.25, 0.3) is 0 Å². The Bertz CT molecular complexity index is 426.